The molecule has 0 saturated heterocycles. The van der Waals surface area contributed by atoms with Crippen molar-refractivity contribution in [3.63, 3.8) is 0 Å². The topological polar surface area (TPSA) is 0 Å². The summed E-state index contributed by atoms with van der Waals surface area (Å²) in [4.78, 5) is 0. The fraction of sp³-hybridized carbons (Fsp3) is 0.125. The molecule has 0 amide bonds. The van der Waals surface area contributed by atoms with Gasteiger partial charge in [-0.05, 0) is 5.30 Å². The van der Waals surface area contributed by atoms with E-state index >= 15 is 0 Å². The van der Waals surface area contributed by atoms with Gasteiger partial charge in [0.2, 0.25) is 0 Å². The summed E-state index contributed by atoms with van der Waals surface area (Å²) in [6.45, 7) is 0. The number of hydrogen-bond donors (Lipinski definition) is 0. The lowest BCUT2D eigenvalue weighted by molar-refractivity contribution is 1.34. The first-order valence-electron chi connectivity index (χ1n) is 5.98. The van der Waals surface area contributed by atoms with Crippen LogP contribution in [0.5, 0.6) is 0 Å². The molecule has 1 aromatic carbocycles. The van der Waals surface area contributed by atoms with E-state index in [1.165, 1.54) is 5.30 Å². The molecule has 0 N–H and O–H groups in total. The molecule has 1 heteroatoms. The molecule has 0 aliphatic heterocycles. The predicted molar refractivity (Wildman–Crippen MR) is 77.1 cm³/mol. The van der Waals surface area contributed by atoms with Crippen LogP contribution in [0.4, 0.5) is 0 Å². The second kappa shape index (κ2) is 4.85. The van der Waals surface area contributed by atoms with Gasteiger partial charge in [0, 0.05) is 11.3 Å². The van der Waals surface area contributed by atoms with E-state index in [1.807, 2.05) is 0 Å². The third-order valence-electron chi connectivity index (χ3n) is 3.15. The molecule has 2 aliphatic carbocycles. The standard InChI is InChI=1S/C16H15P/c1-2-8-14(9-3-1)17(15-10-4-5-11-15)16-12-6-7-13-16/h1-13,15-16H. The number of rotatable bonds is 3. The molecule has 0 nitrogen and oxygen atoms in total. The molecule has 1 aromatic rings. The van der Waals surface area contributed by atoms with Crippen LogP contribution in [-0.4, -0.2) is 11.3 Å². The van der Waals surface area contributed by atoms with Gasteiger partial charge in [-0.1, -0.05) is 86.9 Å². The fourth-order valence-electron chi connectivity index (χ4n) is 2.35. The van der Waals surface area contributed by atoms with Gasteiger partial charge < -0.3 is 0 Å². The van der Waals surface area contributed by atoms with Crippen LogP contribution in [0, 0.1) is 0 Å². The van der Waals surface area contributed by atoms with E-state index in [0.29, 0.717) is 11.3 Å². The minimum atomic E-state index is -0.205. The highest BCUT2D eigenvalue weighted by atomic mass is 31.1. The van der Waals surface area contributed by atoms with Crippen LogP contribution in [0.2, 0.25) is 0 Å². The molecule has 0 atom stereocenters. The highest BCUT2D eigenvalue weighted by Crippen LogP contribution is 2.49. The van der Waals surface area contributed by atoms with E-state index in [-0.39, 0.29) is 7.92 Å². The molecule has 84 valence electrons. The maximum Gasteiger partial charge on any atom is 0.0205 e. The highest BCUT2D eigenvalue weighted by Gasteiger charge is 2.26. The van der Waals surface area contributed by atoms with E-state index < -0.39 is 0 Å². The molecule has 0 spiro atoms. The summed E-state index contributed by atoms with van der Waals surface area (Å²) < 4.78 is 0. The average Bonchev–Trinajstić information content (AvgIpc) is 3.04. The second-order valence-electron chi connectivity index (χ2n) is 4.26. The Labute approximate surface area is 104 Å². The quantitative estimate of drug-likeness (QED) is 0.703. The third-order valence-corrected chi connectivity index (χ3v) is 6.02. The zero-order chi connectivity index (χ0) is 11.5. The van der Waals surface area contributed by atoms with Gasteiger partial charge in [-0.25, -0.2) is 0 Å². The van der Waals surface area contributed by atoms with Gasteiger partial charge in [-0.15, -0.1) is 0 Å². The maximum atomic E-state index is 2.33. The molecule has 0 aromatic heterocycles. The van der Waals surface area contributed by atoms with Crippen LogP contribution in [-0.2, 0) is 0 Å². The van der Waals surface area contributed by atoms with E-state index in [2.05, 4.69) is 78.9 Å². The van der Waals surface area contributed by atoms with Crippen LogP contribution >= 0.6 is 7.92 Å². The first-order valence-corrected chi connectivity index (χ1v) is 7.46. The Morgan fingerprint density at radius 2 is 1.12 bits per heavy atom. The molecule has 0 radical (unpaired) electrons. The van der Waals surface area contributed by atoms with E-state index in [1.54, 1.807) is 0 Å². The molecule has 2 aliphatic rings. The summed E-state index contributed by atoms with van der Waals surface area (Å²) in [6, 6.07) is 10.9. The number of hydrogen-bond acceptors (Lipinski definition) is 0. The smallest absolute Gasteiger partial charge is 0.0205 e. The summed E-state index contributed by atoms with van der Waals surface area (Å²) in [6.07, 6.45) is 18.0. The monoisotopic (exact) mass is 238 g/mol. The Morgan fingerprint density at radius 1 is 0.647 bits per heavy atom. The second-order valence-corrected chi connectivity index (χ2v) is 6.79. The summed E-state index contributed by atoms with van der Waals surface area (Å²) in [5, 5.41) is 1.49. The van der Waals surface area contributed by atoms with Crippen molar-refractivity contribution >= 4 is 13.2 Å². The predicted octanol–water partition coefficient (Wildman–Crippen LogP) is 3.78. The van der Waals surface area contributed by atoms with Gasteiger partial charge in [0.25, 0.3) is 0 Å². The van der Waals surface area contributed by atoms with Crippen molar-refractivity contribution in [1.82, 2.24) is 0 Å². The first-order chi connectivity index (χ1) is 8.45. The lowest BCUT2D eigenvalue weighted by Crippen LogP contribution is -2.16. The van der Waals surface area contributed by atoms with Crippen LogP contribution in [0.15, 0.2) is 78.9 Å². The lowest BCUT2D eigenvalue weighted by Gasteiger charge is -2.26. The average molecular weight is 238 g/mol. The minimum absolute atomic E-state index is 0.205. The van der Waals surface area contributed by atoms with Crippen LogP contribution in [0.25, 0.3) is 0 Å². The lowest BCUT2D eigenvalue weighted by atomic mass is 10.4. The molecule has 0 fully saturated rings. The van der Waals surface area contributed by atoms with E-state index in [9.17, 15) is 0 Å². The Hall–Kier alpha value is -1.39. The Morgan fingerprint density at radius 3 is 1.59 bits per heavy atom. The molecule has 3 rings (SSSR count). The Bertz CT molecular complexity index is 442. The summed E-state index contributed by atoms with van der Waals surface area (Å²) in [5.74, 6) is 0. The van der Waals surface area contributed by atoms with Gasteiger partial charge in [-0.2, -0.15) is 0 Å². The Kier molecular flexibility index (Phi) is 3.07. The van der Waals surface area contributed by atoms with Gasteiger partial charge in [-0.3, -0.25) is 0 Å². The Balaban J connectivity index is 1.96. The van der Waals surface area contributed by atoms with Crippen molar-refractivity contribution in [1.29, 1.82) is 0 Å². The van der Waals surface area contributed by atoms with Crippen molar-refractivity contribution in [2.45, 2.75) is 11.3 Å². The SMILES string of the molecule is C1=CC(P(c2ccccc2)C2C=CC=C2)C=C1. The summed E-state index contributed by atoms with van der Waals surface area (Å²) in [5.41, 5.74) is 1.18. The first kappa shape index (κ1) is 10.7. The van der Waals surface area contributed by atoms with Crippen molar-refractivity contribution in [2.24, 2.45) is 0 Å². The zero-order valence-electron chi connectivity index (χ0n) is 9.61. The van der Waals surface area contributed by atoms with Crippen molar-refractivity contribution in [3.05, 3.63) is 78.9 Å². The molecular weight excluding hydrogens is 223 g/mol. The number of allylic oxidation sites excluding steroid dienone is 8. The largest absolute Gasteiger partial charge is 0.0730 e. The summed E-state index contributed by atoms with van der Waals surface area (Å²) >= 11 is 0. The van der Waals surface area contributed by atoms with Crippen LogP contribution in [0.1, 0.15) is 0 Å². The number of benzene rings is 1. The van der Waals surface area contributed by atoms with Gasteiger partial charge in [0.15, 0.2) is 0 Å². The minimum Gasteiger partial charge on any atom is -0.0730 e. The molecule has 0 saturated carbocycles. The van der Waals surface area contributed by atoms with Crippen molar-refractivity contribution < 1.29 is 0 Å². The normalized spacial score (nSPS) is 18.9. The fourth-order valence-corrected chi connectivity index (χ4v) is 5.10. The highest BCUT2D eigenvalue weighted by molar-refractivity contribution is 7.67. The summed E-state index contributed by atoms with van der Waals surface area (Å²) in [7, 11) is -0.205. The van der Waals surface area contributed by atoms with E-state index in [4.69, 9.17) is 0 Å². The molecular formula is C16H15P. The molecule has 0 unspecified atom stereocenters. The van der Waals surface area contributed by atoms with E-state index in [0.717, 1.165) is 0 Å². The van der Waals surface area contributed by atoms with Gasteiger partial charge in [0.05, 0.1) is 0 Å². The van der Waals surface area contributed by atoms with Gasteiger partial charge >= 0.3 is 0 Å². The maximum absolute atomic E-state index is 2.33. The van der Waals surface area contributed by atoms with Gasteiger partial charge in [0.1, 0.15) is 0 Å². The van der Waals surface area contributed by atoms with Crippen molar-refractivity contribution in [2.75, 3.05) is 0 Å². The van der Waals surface area contributed by atoms with Crippen LogP contribution < -0.4 is 5.30 Å². The molecule has 17 heavy (non-hydrogen) atoms. The third kappa shape index (κ3) is 2.18. The van der Waals surface area contributed by atoms with Crippen LogP contribution in [0.3, 0.4) is 0 Å². The van der Waals surface area contributed by atoms with Crippen molar-refractivity contribution in [3.8, 4) is 0 Å². The molecule has 0 heterocycles. The molecule has 0 bridgehead atoms. The zero-order valence-corrected chi connectivity index (χ0v) is 10.5.